The number of aryl methyl sites for hydroxylation is 2. The molecule has 0 radical (unpaired) electrons. The summed E-state index contributed by atoms with van der Waals surface area (Å²) in [7, 11) is 0. The van der Waals surface area contributed by atoms with Crippen LogP contribution in [0.5, 0.6) is 0 Å². The summed E-state index contributed by atoms with van der Waals surface area (Å²) in [4.78, 5) is 11.4. The van der Waals surface area contributed by atoms with Crippen LogP contribution in [-0.4, -0.2) is 35.9 Å². The first-order chi connectivity index (χ1) is 8.74. The van der Waals surface area contributed by atoms with Crippen LogP contribution >= 0.6 is 0 Å². The number of carbonyl (C=O) groups excluding carboxylic acids is 1. The van der Waals surface area contributed by atoms with Crippen LogP contribution in [0.4, 0.5) is 0 Å². The molecule has 1 amide bonds. The highest BCUT2D eigenvalue weighted by Crippen LogP contribution is 2.04. The first kappa shape index (κ1) is 14.7. The second kappa shape index (κ2) is 8.69. The Bertz CT molecular complexity index is 350. The summed E-state index contributed by atoms with van der Waals surface area (Å²) in [5.41, 5.74) is 2.32. The van der Waals surface area contributed by atoms with Crippen LogP contribution in [0.1, 0.15) is 37.4 Å². The van der Waals surface area contributed by atoms with Crippen LogP contribution in [0, 0.1) is 6.92 Å². The van der Waals surface area contributed by atoms with Crippen molar-refractivity contribution in [2.45, 2.75) is 39.5 Å². The molecule has 1 rings (SSSR count). The zero-order chi connectivity index (χ0) is 13.2. The van der Waals surface area contributed by atoms with Gasteiger partial charge >= 0.3 is 0 Å². The number of amides is 1. The molecular weight excluding hydrogens is 230 g/mol. The normalized spacial score (nSPS) is 10.6. The highest BCUT2D eigenvalue weighted by molar-refractivity contribution is 5.75. The van der Waals surface area contributed by atoms with Crippen LogP contribution in [0.15, 0.2) is 6.20 Å². The molecule has 0 unspecified atom stereocenters. The van der Waals surface area contributed by atoms with Gasteiger partial charge in [-0.2, -0.15) is 5.10 Å². The van der Waals surface area contributed by atoms with Gasteiger partial charge in [0, 0.05) is 25.3 Å². The summed E-state index contributed by atoms with van der Waals surface area (Å²) >= 11 is 0. The second-order valence-corrected chi connectivity index (χ2v) is 4.34. The third-order valence-electron chi connectivity index (χ3n) is 2.70. The van der Waals surface area contributed by atoms with Gasteiger partial charge in [-0.15, -0.1) is 0 Å². The lowest BCUT2D eigenvalue weighted by molar-refractivity contribution is -0.122. The van der Waals surface area contributed by atoms with Crippen molar-refractivity contribution in [3.8, 4) is 0 Å². The summed E-state index contributed by atoms with van der Waals surface area (Å²) in [6, 6.07) is 0. The molecule has 2 N–H and O–H groups in total. The molecule has 0 aromatic carbocycles. The number of ether oxygens (including phenoxy) is 1. The van der Waals surface area contributed by atoms with Crippen LogP contribution in [0.25, 0.3) is 0 Å². The molecular formula is C13H23N3O2. The molecule has 0 bridgehead atoms. The predicted octanol–water partition coefficient (Wildman–Crippen LogP) is 1.58. The van der Waals surface area contributed by atoms with Crippen molar-refractivity contribution in [2.75, 3.05) is 19.8 Å². The van der Waals surface area contributed by atoms with Gasteiger partial charge in [-0.1, -0.05) is 6.92 Å². The molecule has 0 spiro atoms. The fourth-order valence-corrected chi connectivity index (χ4v) is 1.63. The maximum Gasteiger partial charge on any atom is 0.222 e. The van der Waals surface area contributed by atoms with Crippen LogP contribution < -0.4 is 5.32 Å². The largest absolute Gasteiger partial charge is 0.381 e. The Morgan fingerprint density at radius 3 is 3.00 bits per heavy atom. The van der Waals surface area contributed by atoms with Gasteiger partial charge < -0.3 is 10.1 Å². The predicted molar refractivity (Wildman–Crippen MR) is 70.4 cm³/mol. The molecule has 1 aromatic rings. The van der Waals surface area contributed by atoms with E-state index in [9.17, 15) is 4.79 Å². The van der Waals surface area contributed by atoms with Gasteiger partial charge in [0.2, 0.25) is 5.91 Å². The van der Waals surface area contributed by atoms with E-state index in [0.717, 1.165) is 31.6 Å². The Morgan fingerprint density at radius 1 is 1.50 bits per heavy atom. The summed E-state index contributed by atoms with van der Waals surface area (Å²) in [6.45, 7) is 6.01. The Hall–Kier alpha value is -1.36. The minimum Gasteiger partial charge on any atom is -0.381 e. The number of nitrogens with zero attached hydrogens (tertiary/aromatic N) is 1. The average Bonchev–Trinajstić information content (AvgIpc) is 2.76. The van der Waals surface area contributed by atoms with Gasteiger partial charge in [0.1, 0.15) is 0 Å². The van der Waals surface area contributed by atoms with Crippen LogP contribution in [0.3, 0.4) is 0 Å². The fourth-order valence-electron chi connectivity index (χ4n) is 1.63. The Balaban J connectivity index is 2.00. The lowest BCUT2D eigenvalue weighted by atomic mass is 10.1. The number of rotatable bonds is 9. The van der Waals surface area contributed by atoms with E-state index in [1.807, 2.05) is 13.1 Å². The van der Waals surface area contributed by atoms with Crippen LogP contribution in [0.2, 0.25) is 0 Å². The maximum absolute atomic E-state index is 11.4. The van der Waals surface area contributed by atoms with Crippen molar-refractivity contribution in [2.24, 2.45) is 0 Å². The molecule has 18 heavy (non-hydrogen) atoms. The zero-order valence-electron chi connectivity index (χ0n) is 11.3. The topological polar surface area (TPSA) is 67.0 Å². The Labute approximate surface area is 108 Å². The SMILES string of the molecule is CCCOCCC(=O)NCCCc1cn[nH]c1C. The zero-order valence-corrected chi connectivity index (χ0v) is 11.3. The van der Waals surface area contributed by atoms with E-state index in [4.69, 9.17) is 4.74 Å². The monoisotopic (exact) mass is 253 g/mol. The third-order valence-corrected chi connectivity index (χ3v) is 2.70. The smallest absolute Gasteiger partial charge is 0.222 e. The number of aromatic nitrogens is 2. The summed E-state index contributed by atoms with van der Waals surface area (Å²) in [6.07, 6.45) is 5.16. The highest BCUT2D eigenvalue weighted by Gasteiger charge is 2.02. The van der Waals surface area contributed by atoms with Crippen molar-refractivity contribution in [3.05, 3.63) is 17.5 Å². The van der Waals surface area contributed by atoms with E-state index in [1.54, 1.807) is 0 Å². The van der Waals surface area contributed by atoms with Gasteiger partial charge in [0.05, 0.1) is 12.8 Å². The first-order valence-corrected chi connectivity index (χ1v) is 6.57. The molecule has 0 aliphatic heterocycles. The lowest BCUT2D eigenvalue weighted by Crippen LogP contribution is -2.25. The standard InChI is InChI=1S/C13H23N3O2/c1-3-8-18-9-6-13(17)14-7-4-5-12-10-15-16-11(12)2/h10H,3-9H2,1-2H3,(H,14,17)(H,15,16). The molecule has 5 nitrogen and oxygen atoms in total. The van der Waals surface area contributed by atoms with Crippen LogP contribution in [-0.2, 0) is 16.0 Å². The van der Waals surface area contributed by atoms with Crippen molar-refractivity contribution in [1.29, 1.82) is 0 Å². The van der Waals surface area contributed by atoms with Crippen molar-refractivity contribution in [3.63, 3.8) is 0 Å². The molecule has 0 saturated carbocycles. The van der Waals surface area contributed by atoms with Gasteiger partial charge in [-0.3, -0.25) is 9.89 Å². The molecule has 0 fully saturated rings. The molecule has 1 heterocycles. The maximum atomic E-state index is 11.4. The summed E-state index contributed by atoms with van der Waals surface area (Å²) in [5, 5.41) is 9.76. The quantitative estimate of drug-likeness (QED) is 0.657. The number of H-pyrrole nitrogens is 1. The van der Waals surface area contributed by atoms with E-state index in [2.05, 4.69) is 22.4 Å². The molecule has 1 aromatic heterocycles. The minimum absolute atomic E-state index is 0.0648. The average molecular weight is 253 g/mol. The van der Waals surface area contributed by atoms with Crippen molar-refractivity contribution in [1.82, 2.24) is 15.5 Å². The Morgan fingerprint density at radius 2 is 2.33 bits per heavy atom. The summed E-state index contributed by atoms with van der Waals surface area (Å²) < 4.78 is 5.26. The van der Waals surface area contributed by atoms with Gasteiger partial charge in [-0.25, -0.2) is 0 Å². The number of nitrogens with one attached hydrogen (secondary N) is 2. The van der Waals surface area contributed by atoms with E-state index in [0.29, 0.717) is 19.6 Å². The number of carbonyl (C=O) groups is 1. The summed E-state index contributed by atoms with van der Waals surface area (Å²) in [5.74, 6) is 0.0648. The van der Waals surface area contributed by atoms with E-state index in [1.165, 1.54) is 5.56 Å². The molecule has 0 atom stereocenters. The molecule has 0 aliphatic rings. The van der Waals surface area contributed by atoms with Crippen molar-refractivity contribution < 1.29 is 9.53 Å². The van der Waals surface area contributed by atoms with E-state index in [-0.39, 0.29) is 5.91 Å². The molecule has 0 saturated heterocycles. The van der Waals surface area contributed by atoms with E-state index < -0.39 is 0 Å². The number of hydrogen-bond acceptors (Lipinski definition) is 3. The second-order valence-electron chi connectivity index (χ2n) is 4.34. The molecule has 0 aliphatic carbocycles. The number of aromatic amines is 1. The fraction of sp³-hybridized carbons (Fsp3) is 0.692. The highest BCUT2D eigenvalue weighted by atomic mass is 16.5. The third kappa shape index (κ3) is 5.82. The van der Waals surface area contributed by atoms with Crippen molar-refractivity contribution >= 4 is 5.91 Å². The van der Waals surface area contributed by atoms with Gasteiger partial charge in [0.25, 0.3) is 0 Å². The van der Waals surface area contributed by atoms with Gasteiger partial charge in [-0.05, 0) is 31.7 Å². The lowest BCUT2D eigenvalue weighted by Gasteiger charge is -2.05. The van der Waals surface area contributed by atoms with Gasteiger partial charge in [0.15, 0.2) is 0 Å². The Kier molecular flexibility index (Phi) is 7.10. The number of hydrogen-bond donors (Lipinski definition) is 2. The molecule has 102 valence electrons. The minimum atomic E-state index is 0.0648. The van der Waals surface area contributed by atoms with E-state index >= 15 is 0 Å². The molecule has 5 heteroatoms. The first-order valence-electron chi connectivity index (χ1n) is 6.57.